The molecule has 1 nitrogen and oxygen atoms in total. The van der Waals surface area contributed by atoms with E-state index in [0.29, 0.717) is 5.56 Å². The minimum atomic E-state index is -0.0727. The summed E-state index contributed by atoms with van der Waals surface area (Å²) in [7, 11) is 0. The van der Waals surface area contributed by atoms with Gasteiger partial charge in [0.15, 0.2) is 0 Å². The molecule has 0 bridgehead atoms. The molecule has 1 atom stereocenters. The van der Waals surface area contributed by atoms with Gasteiger partial charge in [0.2, 0.25) is 0 Å². The number of hydrogen-bond donors (Lipinski definition) is 0. The van der Waals surface area contributed by atoms with Crippen molar-refractivity contribution in [2.24, 2.45) is 0 Å². The maximum absolute atomic E-state index is 14.3. The van der Waals surface area contributed by atoms with Gasteiger partial charge in [0.05, 0.1) is 11.6 Å². The Labute approximate surface area is 125 Å². The molecular weight excluding hydrogens is 261 g/mol. The Kier molecular flexibility index (Phi) is 3.75. The number of benzene rings is 2. The Balaban J connectivity index is 1.88. The minimum Gasteiger partial charge on any atom is -0.207 e. The molecule has 0 fully saturated rings. The third-order valence-electron chi connectivity index (χ3n) is 4.48. The maximum Gasteiger partial charge on any atom is 0.126 e. The van der Waals surface area contributed by atoms with Crippen LogP contribution in [-0.4, -0.2) is 0 Å². The second kappa shape index (κ2) is 5.69. The third-order valence-corrected chi connectivity index (χ3v) is 4.48. The Morgan fingerprint density at radius 1 is 1.19 bits per heavy atom. The zero-order chi connectivity index (χ0) is 14.8. The molecule has 0 saturated heterocycles. The van der Waals surface area contributed by atoms with E-state index in [2.05, 4.69) is 6.07 Å². The largest absolute Gasteiger partial charge is 0.207 e. The molecule has 3 rings (SSSR count). The third kappa shape index (κ3) is 2.69. The van der Waals surface area contributed by atoms with Gasteiger partial charge >= 0.3 is 0 Å². The molecular formula is C19H18FN. The van der Waals surface area contributed by atoms with Crippen molar-refractivity contribution in [3.05, 3.63) is 70.0 Å². The van der Waals surface area contributed by atoms with E-state index in [1.807, 2.05) is 37.3 Å². The van der Waals surface area contributed by atoms with E-state index >= 15 is 0 Å². The average Bonchev–Trinajstić information content (AvgIpc) is 2.53. The summed E-state index contributed by atoms with van der Waals surface area (Å²) in [5, 5.41) is 8.96. The lowest BCUT2D eigenvalue weighted by molar-refractivity contribution is 0.533. The Bertz CT molecular complexity index is 712. The van der Waals surface area contributed by atoms with Crippen molar-refractivity contribution in [3.8, 4) is 6.07 Å². The summed E-state index contributed by atoms with van der Waals surface area (Å²) >= 11 is 0. The van der Waals surface area contributed by atoms with Crippen LogP contribution in [0.5, 0.6) is 0 Å². The van der Waals surface area contributed by atoms with Crippen LogP contribution in [-0.2, 0) is 19.3 Å². The van der Waals surface area contributed by atoms with Crippen molar-refractivity contribution in [2.45, 2.75) is 38.5 Å². The number of rotatable bonds is 2. The van der Waals surface area contributed by atoms with Gasteiger partial charge in [0.1, 0.15) is 5.82 Å². The SMILES string of the molecule is CCc1ccc(C2CCc3cc(C#N)ccc3C2)c(F)c1. The monoisotopic (exact) mass is 279 g/mol. The summed E-state index contributed by atoms with van der Waals surface area (Å²) in [4.78, 5) is 0. The molecule has 0 saturated carbocycles. The van der Waals surface area contributed by atoms with Crippen LogP contribution < -0.4 is 0 Å². The van der Waals surface area contributed by atoms with E-state index in [1.54, 1.807) is 6.07 Å². The highest BCUT2D eigenvalue weighted by Crippen LogP contribution is 2.34. The van der Waals surface area contributed by atoms with Crippen LogP contribution >= 0.6 is 0 Å². The van der Waals surface area contributed by atoms with Crippen LogP contribution in [0.2, 0.25) is 0 Å². The molecule has 0 N–H and O–H groups in total. The Morgan fingerprint density at radius 2 is 2.05 bits per heavy atom. The molecule has 0 radical (unpaired) electrons. The summed E-state index contributed by atoms with van der Waals surface area (Å²) in [5.74, 6) is 0.174. The first kappa shape index (κ1) is 13.8. The molecule has 1 aliphatic carbocycles. The normalized spacial score (nSPS) is 17.1. The molecule has 21 heavy (non-hydrogen) atoms. The fourth-order valence-electron chi connectivity index (χ4n) is 3.21. The number of fused-ring (bicyclic) bond motifs is 1. The fraction of sp³-hybridized carbons (Fsp3) is 0.316. The van der Waals surface area contributed by atoms with Crippen LogP contribution in [0.3, 0.4) is 0 Å². The Morgan fingerprint density at radius 3 is 2.76 bits per heavy atom. The molecule has 0 heterocycles. The zero-order valence-corrected chi connectivity index (χ0v) is 12.2. The van der Waals surface area contributed by atoms with Crippen molar-refractivity contribution in [1.29, 1.82) is 5.26 Å². The predicted octanol–water partition coefficient (Wildman–Crippen LogP) is 4.53. The molecule has 0 amide bonds. The molecule has 1 aliphatic rings. The Hall–Kier alpha value is -2.14. The molecule has 106 valence electrons. The van der Waals surface area contributed by atoms with E-state index in [-0.39, 0.29) is 11.7 Å². The lowest BCUT2D eigenvalue weighted by Gasteiger charge is -2.25. The summed E-state index contributed by atoms with van der Waals surface area (Å²) < 4.78 is 14.3. The first-order valence-corrected chi connectivity index (χ1v) is 7.51. The summed E-state index contributed by atoms with van der Waals surface area (Å²) in [5.41, 5.74) is 5.10. The van der Waals surface area contributed by atoms with Gasteiger partial charge in [-0.25, -0.2) is 4.39 Å². The van der Waals surface area contributed by atoms with Crippen LogP contribution in [0.4, 0.5) is 4.39 Å². The standard InChI is InChI=1S/C19H18FN/c1-2-13-4-8-18(19(20)10-13)17-7-6-15-9-14(12-21)3-5-16(15)11-17/h3-5,8-10,17H,2,6-7,11H2,1H3. The van der Waals surface area contributed by atoms with Gasteiger partial charge in [0.25, 0.3) is 0 Å². The van der Waals surface area contributed by atoms with Crippen LogP contribution in [0.1, 0.15) is 47.1 Å². The average molecular weight is 279 g/mol. The van der Waals surface area contributed by atoms with Crippen LogP contribution in [0, 0.1) is 17.1 Å². The molecule has 2 heteroatoms. The molecule has 2 aromatic carbocycles. The lowest BCUT2D eigenvalue weighted by atomic mass is 9.79. The van der Waals surface area contributed by atoms with Crippen molar-refractivity contribution in [3.63, 3.8) is 0 Å². The summed E-state index contributed by atoms with van der Waals surface area (Å²) in [6.45, 7) is 2.04. The summed E-state index contributed by atoms with van der Waals surface area (Å²) in [6, 6.07) is 13.7. The van der Waals surface area contributed by atoms with Crippen molar-refractivity contribution >= 4 is 0 Å². The number of nitrogens with zero attached hydrogens (tertiary/aromatic N) is 1. The molecule has 1 unspecified atom stereocenters. The lowest BCUT2D eigenvalue weighted by Crippen LogP contribution is -2.14. The molecule has 0 spiro atoms. The van der Waals surface area contributed by atoms with Gasteiger partial charge in [0, 0.05) is 0 Å². The number of hydrogen-bond acceptors (Lipinski definition) is 1. The highest BCUT2D eigenvalue weighted by molar-refractivity contribution is 5.41. The van der Waals surface area contributed by atoms with Gasteiger partial charge in [-0.2, -0.15) is 5.26 Å². The van der Waals surface area contributed by atoms with Gasteiger partial charge in [-0.05, 0) is 72.1 Å². The molecule has 0 aliphatic heterocycles. The number of aryl methyl sites for hydroxylation is 2. The van der Waals surface area contributed by atoms with Gasteiger partial charge < -0.3 is 0 Å². The van der Waals surface area contributed by atoms with Gasteiger partial charge in [-0.3, -0.25) is 0 Å². The van der Waals surface area contributed by atoms with Gasteiger partial charge in [-0.1, -0.05) is 25.1 Å². The van der Waals surface area contributed by atoms with Crippen molar-refractivity contribution < 1.29 is 4.39 Å². The van der Waals surface area contributed by atoms with Crippen LogP contribution in [0.15, 0.2) is 36.4 Å². The van der Waals surface area contributed by atoms with E-state index in [0.717, 1.165) is 36.8 Å². The van der Waals surface area contributed by atoms with Gasteiger partial charge in [-0.15, -0.1) is 0 Å². The van der Waals surface area contributed by atoms with E-state index < -0.39 is 0 Å². The second-order valence-electron chi connectivity index (χ2n) is 5.74. The minimum absolute atomic E-state index is 0.0727. The zero-order valence-electron chi connectivity index (χ0n) is 12.2. The smallest absolute Gasteiger partial charge is 0.126 e. The highest BCUT2D eigenvalue weighted by atomic mass is 19.1. The van der Waals surface area contributed by atoms with E-state index in [4.69, 9.17) is 5.26 Å². The van der Waals surface area contributed by atoms with E-state index in [9.17, 15) is 4.39 Å². The molecule has 2 aromatic rings. The number of halogens is 1. The van der Waals surface area contributed by atoms with Crippen LogP contribution in [0.25, 0.3) is 0 Å². The fourth-order valence-corrected chi connectivity index (χ4v) is 3.21. The van der Waals surface area contributed by atoms with Crippen molar-refractivity contribution in [2.75, 3.05) is 0 Å². The summed E-state index contributed by atoms with van der Waals surface area (Å²) in [6.07, 6.45) is 3.60. The first-order valence-electron chi connectivity index (χ1n) is 7.51. The first-order chi connectivity index (χ1) is 10.2. The number of nitriles is 1. The topological polar surface area (TPSA) is 23.8 Å². The quantitative estimate of drug-likeness (QED) is 0.792. The van der Waals surface area contributed by atoms with E-state index in [1.165, 1.54) is 11.1 Å². The molecule has 0 aromatic heterocycles. The van der Waals surface area contributed by atoms with Crippen molar-refractivity contribution in [1.82, 2.24) is 0 Å². The predicted molar refractivity (Wildman–Crippen MR) is 81.7 cm³/mol. The second-order valence-corrected chi connectivity index (χ2v) is 5.74. The maximum atomic E-state index is 14.3. The highest BCUT2D eigenvalue weighted by Gasteiger charge is 2.22.